The molecule has 1 aliphatic rings. The van der Waals surface area contributed by atoms with E-state index in [1.54, 1.807) is 12.1 Å². The third kappa shape index (κ3) is 4.22. The Hall–Kier alpha value is -2.56. The van der Waals surface area contributed by atoms with E-state index in [-0.39, 0.29) is 18.3 Å². The second kappa shape index (κ2) is 7.13. The number of hydrogen-bond acceptors (Lipinski definition) is 3. The molecule has 0 radical (unpaired) electrons. The summed E-state index contributed by atoms with van der Waals surface area (Å²) in [5.41, 5.74) is 2.39. The molecule has 3 rings (SSSR count). The first-order valence-electron chi connectivity index (χ1n) is 7.60. The molecule has 0 atom stereocenters. The summed E-state index contributed by atoms with van der Waals surface area (Å²) >= 11 is 0. The van der Waals surface area contributed by atoms with Crippen molar-refractivity contribution in [3.8, 4) is 11.5 Å². The number of carbonyl (C=O) groups is 1. The number of benzene rings is 2. The molecule has 5 heteroatoms. The van der Waals surface area contributed by atoms with Crippen molar-refractivity contribution in [2.75, 3.05) is 19.8 Å². The van der Waals surface area contributed by atoms with Crippen LogP contribution in [0.15, 0.2) is 42.5 Å². The summed E-state index contributed by atoms with van der Waals surface area (Å²) in [6.45, 7) is 1.15. The van der Waals surface area contributed by atoms with E-state index in [0.717, 1.165) is 25.2 Å². The normalized spacial score (nSPS) is 12.4. The molecule has 1 aliphatic heterocycles. The van der Waals surface area contributed by atoms with Crippen LogP contribution >= 0.6 is 0 Å². The fraction of sp³-hybridized carbons (Fsp3) is 0.278. The first-order valence-corrected chi connectivity index (χ1v) is 7.60. The molecule has 0 bridgehead atoms. The van der Waals surface area contributed by atoms with Gasteiger partial charge in [0.1, 0.15) is 17.3 Å². The monoisotopic (exact) mass is 315 g/mol. The van der Waals surface area contributed by atoms with Crippen LogP contribution in [0.25, 0.3) is 0 Å². The molecule has 2 aromatic rings. The summed E-state index contributed by atoms with van der Waals surface area (Å²) in [4.78, 5) is 11.7. The fourth-order valence-corrected chi connectivity index (χ4v) is 2.50. The van der Waals surface area contributed by atoms with E-state index in [1.165, 1.54) is 23.3 Å². The molecular formula is C18H18FNO3. The topological polar surface area (TPSA) is 47.6 Å². The smallest absolute Gasteiger partial charge is 0.257 e. The first kappa shape index (κ1) is 15.3. The van der Waals surface area contributed by atoms with Gasteiger partial charge in [0.2, 0.25) is 0 Å². The number of halogens is 1. The van der Waals surface area contributed by atoms with E-state index in [2.05, 4.69) is 11.4 Å². The van der Waals surface area contributed by atoms with Crippen molar-refractivity contribution in [3.63, 3.8) is 0 Å². The predicted octanol–water partition coefficient (Wildman–Crippen LogP) is 2.50. The van der Waals surface area contributed by atoms with Crippen molar-refractivity contribution in [1.82, 2.24) is 5.32 Å². The van der Waals surface area contributed by atoms with Crippen molar-refractivity contribution in [3.05, 3.63) is 59.4 Å². The van der Waals surface area contributed by atoms with Crippen molar-refractivity contribution >= 4 is 5.91 Å². The second-order valence-corrected chi connectivity index (χ2v) is 5.39. The molecule has 120 valence electrons. The maximum absolute atomic E-state index is 13.0. The van der Waals surface area contributed by atoms with Crippen LogP contribution in [0.3, 0.4) is 0 Å². The van der Waals surface area contributed by atoms with Gasteiger partial charge in [0.15, 0.2) is 6.61 Å². The van der Waals surface area contributed by atoms with Crippen LogP contribution in [0.4, 0.5) is 4.39 Å². The van der Waals surface area contributed by atoms with Crippen molar-refractivity contribution < 1.29 is 18.7 Å². The Morgan fingerprint density at radius 3 is 3.04 bits per heavy atom. The molecule has 1 amide bonds. The number of rotatable bonds is 6. The molecule has 0 spiro atoms. The number of fused-ring (bicyclic) bond motifs is 1. The summed E-state index contributed by atoms with van der Waals surface area (Å²) in [5, 5.41) is 2.79. The summed E-state index contributed by atoms with van der Waals surface area (Å²) in [6, 6.07) is 11.8. The maximum Gasteiger partial charge on any atom is 0.257 e. The molecule has 0 fully saturated rings. The summed E-state index contributed by atoms with van der Waals surface area (Å²) in [6.07, 6.45) is 1.69. The van der Waals surface area contributed by atoms with Gasteiger partial charge in [-0.05, 0) is 35.7 Å². The standard InChI is InChI=1S/C18H18FNO3/c19-15-2-1-3-16(11-15)23-12-18(21)20-8-6-13-4-5-17-14(10-13)7-9-22-17/h1-5,10-11H,6-9,12H2,(H,20,21). The minimum Gasteiger partial charge on any atom is -0.493 e. The van der Waals surface area contributed by atoms with E-state index in [4.69, 9.17) is 9.47 Å². The molecule has 0 saturated carbocycles. The minimum atomic E-state index is -0.386. The third-order valence-electron chi connectivity index (χ3n) is 3.66. The SMILES string of the molecule is O=C(COc1cccc(F)c1)NCCc1ccc2c(c1)CCO2. The van der Waals surface area contributed by atoms with Gasteiger partial charge >= 0.3 is 0 Å². The largest absolute Gasteiger partial charge is 0.493 e. The third-order valence-corrected chi connectivity index (χ3v) is 3.66. The Bertz CT molecular complexity index is 702. The number of ether oxygens (including phenoxy) is 2. The lowest BCUT2D eigenvalue weighted by Gasteiger charge is -2.08. The zero-order valence-electron chi connectivity index (χ0n) is 12.7. The van der Waals surface area contributed by atoms with Crippen LogP contribution in [-0.2, 0) is 17.6 Å². The lowest BCUT2D eigenvalue weighted by Crippen LogP contribution is -2.30. The Balaban J connectivity index is 1.41. The van der Waals surface area contributed by atoms with Gasteiger partial charge in [-0.15, -0.1) is 0 Å². The van der Waals surface area contributed by atoms with Crippen LogP contribution in [0, 0.1) is 5.82 Å². The Labute approximate surface area is 134 Å². The summed E-state index contributed by atoms with van der Waals surface area (Å²) in [7, 11) is 0. The molecular weight excluding hydrogens is 297 g/mol. The van der Waals surface area contributed by atoms with Crippen LogP contribution in [-0.4, -0.2) is 25.7 Å². The Morgan fingerprint density at radius 1 is 1.26 bits per heavy atom. The molecule has 4 nitrogen and oxygen atoms in total. The first-order chi connectivity index (χ1) is 11.2. The highest BCUT2D eigenvalue weighted by atomic mass is 19.1. The van der Waals surface area contributed by atoms with E-state index in [1.807, 2.05) is 12.1 Å². The van der Waals surface area contributed by atoms with E-state index in [0.29, 0.717) is 12.3 Å². The lowest BCUT2D eigenvalue weighted by molar-refractivity contribution is -0.123. The lowest BCUT2D eigenvalue weighted by atomic mass is 10.1. The van der Waals surface area contributed by atoms with Crippen LogP contribution < -0.4 is 14.8 Å². The number of amides is 1. The number of carbonyl (C=O) groups excluding carboxylic acids is 1. The van der Waals surface area contributed by atoms with E-state index < -0.39 is 0 Å². The van der Waals surface area contributed by atoms with Gasteiger partial charge in [-0.2, -0.15) is 0 Å². The molecule has 2 aromatic carbocycles. The highest BCUT2D eigenvalue weighted by Crippen LogP contribution is 2.25. The van der Waals surface area contributed by atoms with Gasteiger partial charge < -0.3 is 14.8 Å². The maximum atomic E-state index is 13.0. The van der Waals surface area contributed by atoms with Crippen LogP contribution in [0.1, 0.15) is 11.1 Å². The van der Waals surface area contributed by atoms with E-state index in [9.17, 15) is 9.18 Å². The van der Waals surface area contributed by atoms with Gasteiger partial charge in [-0.25, -0.2) is 4.39 Å². The zero-order chi connectivity index (χ0) is 16.1. The van der Waals surface area contributed by atoms with Gasteiger partial charge in [-0.1, -0.05) is 18.2 Å². The minimum absolute atomic E-state index is 0.124. The van der Waals surface area contributed by atoms with Gasteiger partial charge in [0.25, 0.3) is 5.91 Å². The average molecular weight is 315 g/mol. The van der Waals surface area contributed by atoms with Crippen molar-refractivity contribution in [2.45, 2.75) is 12.8 Å². The molecule has 0 unspecified atom stereocenters. The second-order valence-electron chi connectivity index (χ2n) is 5.39. The van der Waals surface area contributed by atoms with Gasteiger partial charge in [-0.3, -0.25) is 4.79 Å². The summed E-state index contributed by atoms with van der Waals surface area (Å²) in [5.74, 6) is 0.697. The quantitative estimate of drug-likeness (QED) is 0.891. The van der Waals surface area contributed by atoms with Crippen molar-refractivity contribution in [2.24, 2.45) is 0 Å². The Morgan fingerprint density at radius 2 is 2.17 bits per heavy atom. The highest BCUT2D eigenvalue weighted by molar-refractivity contribution is 5.77. The molecule has 0 aromatic heterocycles. The molecule has 23 heavy (non-hydrogen) atoms. The highest BCUT2D eigenvalue weighted by Gasteiger charge is 2.12. The van der Waals surface area contributed by atoms with Gasteiger partial charge in [0.05, 0.1) is 6.61 Å². The number of hydrogen-bond donors (Lipinski definition) is 1. The van der Waals surface area contributed by atoms with Crippen LogP contribution in [0.5, 0.6) is 11.5 Å². The van der Waals surface area contributed by atoms with Crippen molar-refractivity contribution in [1.29, 1.82) is 0 Å². The fourth-order valence-electron chi connectivity index (χ4n) is 2.50. The average Bonchev–Trinajstić information content (AvgIpc) is 3.01. The summed E-state index contributed by atoms with van der Waals surface area (Å²) < 4.78 is 23.7. The van der Waals surface area contributed by atoms with E-state index >= 15 is 0 Å². The number of nitrogens with one attached hydrogen (secondary N) is 1. The predicted molar refractivity (Wildman–Crippen MR) is 84.2 cm³/mol. The zero-order valence-corrected chi connectivity index (χ0v) is 12.7. The Kier molecular flexibility index (Phi) is 4.76. The molecule has 1 heterocycles. The molecule has 0 saturated heterocycles. The molecule has 1 N–H and O–H groups in total. The molecule has 0 aliphatic carbocycles. The van der Waals surface area contributed by atoms with Gasteiger partial charge in [0, 0.05) is 19.0 Å². The van der Waals surface area contributed by atoms with Crippen LogP contribution in [0.2, 0.25) is 0 Å².